The molecule has 0 spiro atoms. The summed E-state index contributed by atoms with van der Waals surface area (Å²) in [6.45, 7) is 4.01. The number of aryl methyl sites for hydroxylation is 1. The topological polar surface area (TPSA) is 55.2 Å². The van der Waals surface area contributed by atoms with Crippen molar-refractivity contribution >= 4 is 27.3 Å². The molecule has 1 aromatic rings. The van der Waals surface area contributed by atoms with E-state index in [-0.39, 0.29) is 10.6 Å². The highest BCUT2D eigenvalue weighted by molar-refractivity contribution is 9.10. The van der Waals surface area contributed by atoms with Gasteiger partial charge in [-0.25, -0.2) is 0 Å². The molecule has 1 N–H and O–H groups in total. The van der Waals surface area contributed by atoms with Crippen molar-refractivity contribution in [2.45, 2.75) is 52.0 Å². The lowest BCUT2D eigenvalue weighted by Crippen LogP contribution is -2.26. The Morgan fingerprint density at radius 3 is 2.55 bits per heavy atom. The molecule has 1 saturated carbocycles. The summed E-state index contributed by atoms with van der Waals surface area (Å²) < 4.78 is 0.901. The third-order valence-electron chi connectivity index (χ3n) is 4.27. The molecule has 0 aromatic heterocycles. The molecule has 2 rings (SSSR count). The fourth-order valence-corrected chi connectivity index (χ4v) is 3.48. The summed E-state index contributed by atoms with van der Waals surface area (Å²) in [5.74, 6) is 0.851. The Morgan fingerprint density at radius 2 is 2.00 bits per heavy atom. The van der Waals surface area contributed by atoms with Crippen LogP contribution < -0.4 is 5.32 Å². The summed E-state index contributed by atoms with van der Waals surface area (Å²) in [5, 5.41) is 14.5. The van der Waals surface area contributed by atoms with E-state index < -0.39 is 0 Å². The number of nitrogens with zero attached hydrogens (tertiary/aromatic N) is 1. The Bertz CT molecular complexity index is 497. The molecule has 110 valence electrons. The normalized spacial score (nSPS) is 22.6. The molecule has 0 aliphatic heterocycles. The number of hydrogen-bond donors (Lipinski definition) is 1. The maximum Gasteiger partial charge on any atom is 0.274 e. The molecule has 0 amide bonds. The molecule has 4 nitrogen and oxygen atoms in total. The van der Waals surface area contributed by atoms with E-state index in [4.69, 9.17) is 0 Å². The van der Waals surface area contributed by atoms with Crippen LogP contribution in [0.2, 0.25) is 0 Å². The molecule has 0 saturated heterocycles. The predicted molar refractivity (Wildman–Crippen MR) is 85.2 cm³/mol. The zero-order chi connectivity index (χ0) is 14.7. The minimum atomic E-state index is -0.319. The molecule has 0 heterocycles. The Balaban J connectivity index is 2.10. The van der Waals surface area contributed by atoms with Crippen LogP contribution in [0.5, 0.6) is 0 Å². The lowest BCUT2D eigenvalue weighted by molar-refractivity contribution is -0.385. The van der Waals surface area contributed by atoms with Crippen LogP contribution in [0.3, 0.4) is 0 Å². The summed E-state index contributed by atoms with van der Waals surface area (Å²) in [7, 11) is 0. The van der Waals surface area contributed by atoms with E-state index in [1.54, 1.807) is 13.0 Å². The van der Waals surface area contributed by atoms with Crippen molar-refractivity contribution in [3.63, 3.8) is 0 Å². The predicted octanol–water partition coefficient (Wildman–Crippen LogP) is 5.05. The first-order valence-electron chi connectivity index (χ1n) is 7.22. The Morgan fingerprint density at radius 1 is 1.35 bits per heavy atom. The largest absolute Gasteiger partial charge is 0.381 e. The van der Waals surface area contributed by atoms with Crippen molar-refractivity contribution in [2.75, 3.05) is 5.32 Å². The number of hydrogen-bond acceptors (Lipinski definition) is 3. The molecule has 0 atom stereocenters. The zero-order valence-corrected chi connectivity index (χ0v) is 13.6. The Hall–Kier alpha value is -1.10. The van der Waals surface area contributed by atoms with E-state index in [1.165, 1.54) is 19.3 Å². The summed E-state index contributed by atoms with van der Waals surface area (Å²) in [4.78, 5) is 10.7. The van der Waals surface area contributed by atoms with E-state index in [1.807, 2.05) is 6.07 Å². The van der Waals surface area contributed by atoms with Crippen molar-refractivity contribution < 1.29 is 4.92 Å². The highest BCUT2D eigenvalue weighted by Gasteiger charge is 2.21. The molecule has 0 unspecified atom stereocenters. The second-order valence-corrected chi connectivity index (χ2v) is 6.50. The highest BCUT2D eigenvalue weighted by atomic mass is 79.9. The average molecular weight is 341 g/mol. The van der Waals surface area contributed by atoms with Gasteiger partial charge in [0.2, 0.25) is 0 Å². The summed E-state index contributed by atoms with van der Waals surface area (Å²) >= 11 is 3.50. The van der Waals surface area contributed by atoms with Crippen LogP contribution in [0, 0.1) is 23.0 Å². The molecular formula is C15H21BrN2O2. The first kappa shape index (κ1) is 15.3. The standard InChI is InChI=1S/C15H21BrN2O2/c1-3-11-4-6-12(7-5-11)17-14-9-15(18(19)20)10(2)8-13(14)16/h8-9,11-12,17H,3-7H2,1-2H3. The van der Waals surface area contributed by atoms with Crippen molar-refractivity contribution in [1.82, 2.24) is 0 Å². The first-order valence-corrected chi connectivity index (χ1v) is 8.01. The van der Waals surface area contributed by atoms with Crippen LogP contribution in [0.15, 0.2) is 16.6 Å². The molecule has 1 aromatic carbocycles. The quantitative estimate of drug-likeness (QED) is 0.616. The molecule has 20 heavy (non-hydrogen) atoms. The maximum atomic E-state index is 11.0. The molecule has 5 heteroatoms. The second kappa shape index (κ2) is 6.57. The third kappa shape index (κ3) is 3.51. The molecule has 0 bridgehead atoms. The van der Waals surface area contributed by atoms with Gasteiger partial charge in [-0.15, -0.1) is 0 Å². The van der Waals surface area contributed by atoms with E-state index in [0.717, 1.165) is 28.9 Å². The van der Waals surface area contributed by atoms with Crippen LogP contribution >= 0.6 is 15.9 Å². The van der Waals surface area contributed by atoms with Gasteiger partial charge in [-0.1, -0.05) is 13.3 Å². The number of anilines is 1. The number of nitro benzene ring substituents is 1. The smallest absolute Gasteiger partial charge is 0.274 e. The summed E-state index contributed by atoms with van der Waals surface area (Å²) in [5.41, 5.74) is 1.70. The number of benzene rings is 1. The number of nitrogens with one attached hydrogen (secondary N) is 1. The van der Waals surface area contributed by atoms with Gasteiger partial charge in [0.15, 0.2) is 0 Å². The number of rotatable bonds is 4. The van der Waals surface area contributed by atoms with E-state index in [2.05, 4.69) is 28.2 Å². The minimum Gasteiger partial charge on any atom is -0.381 e. The van der Waals surface area contributed by atoms with Gasteiger partial charge in [0.1, 0.15) is 0 Å². The molecule has 0 radical (unpaired) electrons. The van der Waals surface area contributed by atoms with Crippen LogP contribution in [0.25, 0.3) is 0 Å². The van der Waals surface area contributed by atoms with Gasteiger partial charge in [-0.3, -0.25) is 10.1 Å². The Labute approximate surface area is 128 Å². The SMILES string of the molecule is CCC1CCC(Nc2cc([N+](=O)[O-])c(C)cc2Br)CC1. The fourth-order valence-electron chi connectivity index (χ4n) is 2.90. The molecular weight excluding hydrogens is 320 g/mol. The van der Waals surface area contributed by atoms with Crippen molar-refractivity contribution in [3.8, 4) is 0 Å². The second-order valence-electron chi connectivity index (χ2n) is 5.65. The summed E-state index contributed by atoms with van der Waals surface area (Å²) in [6, 6.07) is 3.89. The maximum absolute atomic E-state index is 11.0. The lowest BCUT2D eigenvalue weighted by atomic mass is 9.84. The van der Waals surface area contributed by atoms with Gasteiger partial charge in [-0.05, 0) is 60.5 Å². The van der Waals surface area contributed by atoms with E-state index in [0.29, 0.717) is 11.6 Å². The Kier molecular flexibility index (Phi) is 5.02. The van der Waals surface area contributed by atoms with Crippen LogP contribution in [0.4, 0.5) is 11.4 Å². The number of halogens is 1. The van der Waals surface area contributed by atoms with Crippen LogP contribution in [-0.2, 0) is 0 Å². The minimum absolute atomic E-state index is 0.179. The van der Waals surface area contributed by atoms with Gasteiger partial charge in [-0.2, -0.15) is 0 Å². The lowest BCUT2D eigenvalue weighted by Gasteiger charge is -2.29. The molecule has 1 aliphatic carbocycles. The van der Waals surface area contributed by atoms with Gasteiger partial charge in [0.05, 0.1) is 10.6 Å². The van der Waals surface area contributed by atoms with Crippen molar-refractivity contribution in [1.29, 1.82) is 0 Å². The van der Waals surface area contributed by atoms with Crippen LogP contribution in [0.1, 0.15) is 44.6 Å². The zero-order valence-electron chi connectivity index (χ0n) is 12.0. The number of nitro groups is 1. The monoisotopic (exact) mass is 340 g/mol. The van der Waals surface area contributed by atoms with E-state index in [9.17, 15) is 10.1 Å². The summed E-state index contributed by atoms with van der Waals surface area (Å²) in [6.07, 6.45) is 6.05. The van der Waals surface area contributed by atoms with Crippen molar-refractivity contribution in [3.05, 3.63) is 32.3 Å². The van der Waals surface area contributed by atoms with Crippen molar-refractivity contribution in [2.24, 2.45) is 5.92 Å². The van der Waals surface area contributed by atoms with Gasteiger partial charge in [0, 0.05) is 22.1 Å². The molecule has 1 aliphatic rings. The first-order chi connectivity index (χ1) is 9.51. The average Bonchev–Trinajstić information content (AvgIpc) is 2.42. The van der Waals surface area contributed by atoms with E-state index >= 15 is 0 Å². The van der Waals surface area contributed by atoms with Gasteiger partial charge in [0.25, 0.3) is 5.69 Å². The highest BCUT2D eigenvalue weighted by Crippen LogP contribution is 2.34. The van der Waals surface area contributed by atoms with Crippen LogP contribution in [-0.4, -0.2) is 11.0 Å². The third-order valence-corrected chi connectivity index (χ3v) is 4.92. The van der Waals surface area contributed by atoms with Gasteiger partial charge >= 0.3 is 0 Å². The fraction of sp³-hybridized carbons (Fsp3) is 0.600. The van der Waals surface area contributed by atoms with Gasteiger partial charge < -0.3 is 5.32 Å². The molecule has 1 fully saturated rings.